The van der Waals surface area contributed by atoms with Crippen LogP contribution in [0.15, 0.2) is 71.6 Å². The molecule has 0 aliphatic carbocycles. The summed E-state index contributed by atoms with van der Waals surface area (Å²) in [6.07, 6.45) is 0. The van der Waals surface area contributed by atoms with Gasteiger partial charge in [-0.15, -0.1) is 0 Å². The third-order valence-corrected chi connectivity index (χ3v) is 7.36. The van der Waals surface area contributed by atoms with E-state index in [0.717, 1.165) is 28.4 Å². The Morgan fingerprint density at radius 3 is 2.42 bits per heavy atom. The molecule has 0 radical (unpaired) electrons. The maximum atomic E-state index is 12.7. The molecule has 0 saturated heterocycles. The monoisotopic (exact) mass is 433 g/mol. The lowest BCUT2D eigenvalue weighted by Crippen LogP contribution is -2.37. The number of nitrogens with zero attached hydrogens (tertiary/aromatic N) is 2. The SMILES string of the molecule is CCn1c2ccccc2c2cc(NC(=O)CN3C(=O)c4ccccc4S3(=O)=O)ccc21. The van der Waals surface area contributed by atoms with Gasteiger partial charge in [-0.05, 0) is 43.3 Å². The van der Waals surface area contributed by atoms with Gasteiger partial charge in [0, 0.05) is 34.0 Å². The molecule has 1 N–H and O–H groups in total. The number of benzene rings is 3. The van der Waals surface area contributed by atoms with Crippen LogP contribution < -0.4 is 5.32 Å². The Morgan fingerprint density at radius 2 is 1.65 bits per heavy atom. The topological polar surface area (TPSA) is 88.5 Å². The number of carbonyl (C=O) groups excluding carboxylic acids is 2. The number of rotatable bonds is 4. The molecule has 1 aliphatic heterocycles. The van der Waals surface area contributed by atoms with Gasteiger partial charge in [0.25, 0.3) is 15.9 Å². The number of aryl methyl sites for hydroxylation is 1. The average Bonchev–Trinajstić information content (AvgIpc) is 3.18. The van der Waals surface area contributed by atoms with Crippen molar-refractivity contribution in [1.82, 2.24) is 8.87 Å². The van der Waals surface area contributed by atoms with Gasteiger partial charge in [0.2, 0.25) is 5.91 Å². The van der Waals surface area contributed by atoms with Crippen molar-refractivity contribution < 1.29 is 18.0 Å². The van der Waals surface area contributed by atoms with E-state index in [4.69, 9.17) is 0 Å². The molecule has 5 rings (SSSR count). The molecule has 31 heavy (non-hydrogen) atoms. The second-order valence-electron chi connectivity index (χ2n) is 7.35. The summed E-state index contributed by atoms with van der Waals surface area (Å²) >= 11 is 0. The molecule has 0 spiro atoms. The van der Waals surface area contributed by atoms with Crippen LogP contribution in [-0.4, -0.2) is 35.6 Å². The maximum absolute atomic E-state index is 12.7. The molecule has 0 saturated carbocycles. The molecule has 2 heterocycles. The molecule has 7 nitrogen and oxygen atoms in total. The highest BCUT2D eigenvalue weighted by molar-refractivity contribution is 7.90. The summed E-state index contributed by atoms with van der Waals surface area (Å²) in [6, 6.07) is 19.6. The Balaban J connectivity index is 1.44. The van der Waals surface area contributed by atoms with E-state index >= 15 is 0 Å². The number of anilines is 1. The van der Waals surface area contributed by atoms with Crippen LogP contribution in [0.2, 0.25) is 0 Å². The predicted octanol–water partition coefficient (Wildman–Crippen LogP) is 3.60. The summed E-state index contributed by atoms with van der Waals surface area (Å²) in [4.78, 5) is 25.1. The summed E-state index contributed by atoms with van der Waals surface area (Å²) in [6.45, 7) is 2.31. The number of sulfonamides is 1. The van der Waals surface area contributed by atoms with Crippen LogP contribution in [0.4, 0.5) is 5.69 Å². The van der Waals surface area contributed by atoms with Crippen molar-refractivity contribution >= 4 is 49.3 Å². The molecule has 0 atom stereocenters. The lowest BCUT2D eigenvalue weighted by molar-refractivity contribution is -0.116. The zero-order valence-corrected chi connectivity index (χ0v) is 17.5. The fraction of sp³-hybridized carbons (Fsp3) is 0.130. The smallest absolute Gasteiger partial charge is 0.269 e. The molecular weight excluding hydrogens is 414 g/mol. The fourth-order valence-corrected chi connectivity index (χ4v) is 5.72. The van der Waals surface area contributed by atoms with Crippen LogP contribution in [0.1, 0.15) is 17.3 Å². The van der Waals surface area contributed by atoms with Crippen LogP contribution in [-0.2, 0) is 21.4 Å². The third kappa shape index (κ3) is 2.90. The minimum Gasteiger partial charge on any atom is -0.341 e. The van der Waals surface area contributed by atoms with E-state index in [1.54, 1.807) is 18.2 Å². The normalized spacial score (nSPS) is 14.9. The predicted molar refractivity (Wildman–Crippen MR) is 118 cm³/mol. The Morgan fingerprint density at radius 1 is 0.935 bits per heavy atom. The number of nitrogens with one attached hydrogen (secondary N) is 1. The molecule has 1 aliphatic rings. The minimum absolute atomic E-state index is 0.0680. The number of carbonyl (C=O) groups is 2. The summed E-state index contributed by atoms with van der Waals surface area (Å²) in [5.41, 5.74) is 2.78. The highest BCUT2D eigenvalue weighted by Crippen LogP contribution is 2.32. The number of fused-ring (bicyclic) bond motifs is 4. The van der Waals surface area contributed by atoms with E-state index in [1.807, 2.05) is 30.3 Å². The van der Waals surface area contributed by atoms with Crippen molar-refractivity contribution in [3.05, 3.63) is 72.3 Å². The average molecular weight is 433 g/mol. The lowest BCUT2D eigenvalue weighted by atomic mass is 10.1. The highest BCUT2D eigenvalue weighted by Gasteiger charge is 2.41. The zero-order valence-electron chi connectivity index (χ0n) is 16.7. The van der Waals surface area contributed by atoms with Crippen molar-refractivity contribution in [3.8, 4) is 0 Å². The number of aromatic nitrogens is 1. The van der Waals surface area contributed by atoms with Gasteiger partial charge in [-0.3, -0.25) is 9.59 Å². The van der Waals surface area contributed by atoms with E-state index in [-0.39, 0.29) is 10.5 Å². The Labute approximate surface area is 178 Å². The molecule has 0 unspecified atom stereocenters. The molecule has 2 amide bonds. The first-order valence-electron chi connectivity index (χ1n) is 9.88. The fourth-order valence-electron chi connectivity index (χ4n) is 4.19. The first kappa shape index (κ1) is 19.3. The van der Waals surface area contributed by atoms with Gasteiger partial charge in [0.05, 0.1) is 5.56 Å². The maximum Gasteiger partial charge on any atom is 0.269 e. The zero-order chi connectivity index (χ0) is 21.8. The Kier molecular flexibility index (Phi) is 4.33. The molecular formula is C23H19N3O4S. The van der Waals surface area contributed by atoms with Gasteiger partial charge < -0.3 is 9.88 Å². The Bertz CT molecular complexity index is 1490. The first-order chi connectivity index (χ1) is 14.9. The molecule has 0 fully saturated rings. The van der Waals surface area contributed by atoms with E-state index in [9.17, 15) is 18.0 Å². The lowest BCUT2D eigenvalue weighted by Gasteiger charge is -2.15. The van der Waals surface area contributed by atoms with Crippen LogP contribution in [0.5, 0.6) is 0 Å². The highest BCUT2D eigenvalue weighted by atomic mass is 32.2. The van der Waals surface area contributed by atoms with Crippen molar-refractivity contribution in [3.63, 3.8) is 0 Å². The minimum atomic E-state index is -4.03. The summed E-state index contributed by atoms with van der Waals surface area (Å²) in [7, 11) is -4.03. The van der Waals surface area contributed by atoms with E-state index < -0.39 is 28.4 Å². The quantitative estimate of drug-likeness (QED) is 0.533. The van der Waals surface area contributed by atoms with Gasteiger partial charge in [0.15, 0.2) is 0 Å². The van der Waals surface area contributed by atoms with Crippen molar-refractivity contribution in [2.45, 2.75) is 18.4 Å². The number of para-hydroxylation sites is 1. The van der Waals surface area contributed by atoms with Crippen molar-refractivity contribution in [2.75, 3.05) is 11.9 Å². The van der Waals surface area contributed by atoms with E-state index in [1.165, 1.54) is 12.1 Å². The van der Waals surface area contributed by atoms with E-state index in [2.05, 4.69) is 22.9 Å². The van der Waals surface area contributed by atoms with Crippen molar-refractivity contribution in [2.24, 2.45) is 0 Å². The molecule has 3 aromatic carbocycles. The van der Waals surface area contributed by atoms with Crippen LogP contribution in [0, 0.1) is 0 Å². The summed E-state index contributed by atoms with van der Waals surface area (Å²) in [5.74, 6) is -1.27. The second-order valence-corrected chi connectivity index (χ2v) is 9.19. The van der Waals surface area contributed by atoms with Gasteiger partial charge in [-0.2, -0.15) is 0 Å². The van der Waals surface area contributed by atoms with Gasteiger partial charge in [0.1, 0.15) is 11.4 Å². The summed E-state index contributed by atoms with van der Waals surface area (Å²) in [5, 5.41) is 4.80. The first-order valence-corrected chi connectivity index (χ1v) is 11.3. The van der Waals surface area contributed by atoms with E-state index in [0.29, 0.717) is 9.99 Å². The van der Waals surface area contributed by atoms with Crippen LogP contribution in [0.25, 0.3) is 21.8 Å². The summed E-state index contributed by atoms with van der Waals surface area (Å²) < 4.78 is 28.1. The Hall–Kier alpha value is -3.65. The standard InChI is InChI=1S/C23H19N3O4S/c1-2-25-19-9-5-3-7-16(19)18-13-15(11-12-20(18)25)24-22(27)14-26-23(28)17-8-4-6-10-21(17)31(26,29)30/h3-13H,2,14H2,1H3,(H,24,27). The van der Waals surface area contributed by atoms with Crippen molar-refractivity contribution in [1.29, 1.82) is 0 Å². The van der Waals surface area contributed by atoms with Crippen LogP contribution >= 0.6 is 0 Å². The number of hydrogen-bond donors (Lipinski definition) is 1. The van der Waals surface area contributed by atoms with Gasteiger partial charge in [-0.25, -0.2) is 12.7 Å². The van der Waals surface area contributed by atoms with Gasteiger partial charge >= 0.3 is 0 Å². The number of hydrogen-bond acceptors (Lipinski definition) is 4. The molecule has 1 aromatic heterocycles. The molecule has 156 valence electrons. The number of amides is 2. The molecule has 8 heteroatoms. The molecule has 4 aromatic rings. The largest absolute Gasteiger partial charge is 0.341 e. The van der Waals surface area contributed by atoms with Crippen LogP contribution in [0.3, 0.4) is 0 Å². The third-order valence-electron chi connectivity index (χ3n) is 5.57. The van der Waals surface area contributed by atoms with Gasteiger partial charge in [-0.1, -0.05) is 30.3 Å². The second kappa shape index (κ2) is 6.95. The molecule has 0 bridgehead atoms.